The fourth-order valence-corrected chi connectivity index (χ4v) is 4.00. The number of piperidine rings is 1. The quantitative estimate of drug-likeness (QED) is 0.745. The molecule has 1 fully saturated rings. The van der Waals surface area contributed by atoms with Crippen molar-refractivity contribution in [3.05, 3.63) is 51.8 Å². The van der Waals surface area contributed by atoms with Gasteiger partial charge in [0.1, 0.15) is 0 Å². The number of benzene rings is 1. The second-order valence-electron chi connectivity index (χ2n) is 7.33. The van der Waals surface area contributed by atoms with Gasteiger partial charge in [-0.3, -0.25) is 14.4 Å². The third-order valence-corrected chi connectivity index (χ3v) is 5.71. The molecular weight excluding hydrogens is 392 g/mol. The Kier molecular flexibility index (Phi) is 6.14. The standard InChI is InChI=1S/C20H27BrN4O/c1-15-11-19(22-24(15)3)20(26)23(2)13-16-7-9-25(10-8-16)14-17-5-4-6-18(21)12-17/h4-6,11-12,16H,7-10,13-14H2,1-3H3. The first-order valence-corrected chi connectivity index (χ1v) is 9.94. The molecule has 1 aromatic carbocycles. The number of aromatic nitrogens is 2. The Balaban J connectivity index is 1.48. The number of carbonyl (C=O) groups is 1. The van der Waals surface area contributed by atoms with Gasteiger partial charge in [-0.2, -0.15) is 5.10 Å². The van der Waals surface area contributed by atoms with Crippen LogP contribution in [0.3, 0.4) is 0 Å². The molecular formula is C20H27BrN4O. The molecule has 0 saturated carbocycles. The zero-order valence-electron chi connectivity index (χ0n) is 15.8. The molecule has 1 amide bonds. The van der Waals surface area contributed by atoms with E-state index in [4.69, 9.17) is 0 Å². The van der Waals surface area contributed by atoms with Crippen LogP contribution in [0.25, 0.3) is 0 Å². The van der Waals surface area contributed by atoms with Crippen molar-refractivity contribution < 1.29 is 4.79 Å². The lowest BCUT2D eigenvalue weighted by atomic mass is 9.96. The number of carbonyl (C=O) groups excluding carboxylic acids is 1. The van der Waals surface area contributed by atoms with Gasteiger partial charge in [-0.15, -0.1) is 0 Å². The third-order valence-electron chi connectivity index (χ3n) is 5.21. The summed E-state index contributed by atoms with van der Waals surface area (Å²) in [7, 11) is 3.76. The largest absolute Gasteiger partial charge is 0.340 e. The molecule has 2 aromatic rings. The average molecular weight is 419 g/mol. The van der Waals surface area contributed by atoms with E-state index in [-0.39, 0.29) is 5.91 Å². The Morgan fingerprint density at radius 3 is 2.65 bits per heavy atom. The number of amides is 1. The van der Waals surface area contributed by atoms with Crippen LogP contribution in [-0.4, -0.2) is 52.2 Å². The van der Waals surface area contributed by atoms with Crippen LogP contribution < -0.4 is 0 Å². The molecule has 3 rings (SSSR count). The van der Waals surface area contributed by atoms with Gasteiger partial charge >= 0.3 is 0 Å². The van der Waals surface area contributed by atoms with E-state index < -0.39 is 0 Å². The molecule has 0 unspecified atom stereocenters. The molecule has 0 radical (unpaired) electrons. The summed E-state index contributed by atoms with van der Waals surface area (Å²) < 4.78 is 2.89. The van der Waals surface area contributed by atoms with Gasteiger partial charge in [0.25, 0.3) is 5.91 Å². The highest BCUT2D eigenvalue weighted by atomic mass is 79.9. The van der Waals surface area contributed by atoms with E-state index in [9.17, 15) is 4.79 Å². The molecule has 1 saturated heterocycles. The highest BCUT2D eigenvalue weighted by Gasteiger charge is 2.23. The fourth-order valence-electron chi connectivity index (χ4n) is 3.55. The minimum atomic E-state index is 0.0188. The molecule has 6 heteroatoms. The second kappa shape index (κ2) is 8.35. The minimum absolute atomic E-state index is 0.0188. The lowest BCUT2D eigenvalue weighted by molar-refractivity contribution is 0.0731. The van der Waals surface area contributed by atoms with Crippen molar-refractivity contribution in [3.63, 3.8) is 0 Å². The fraction of sp³-hybridized carbons (Fsp3) is 0.500. The van der Waals surface area contributed by atoms with Crippen molar-refractivity contribution in [1.82, 2.24) is 19.6 Å². The molecule has 0 aliphatic carbocycles. The van der Waals surface area contributed by atoms with E-state index in [1.165, 1.54) is 5.56 Å². The van der Waals surface area contributed by atoms with Gasteiger partial charge < -0.3 is 4.90 Å². The zero-order chi connectivity index (χ0) is 18.7. The van der Waals surface area contributed by atoms with Crippen LogP contribution in [0.5, 0.6) is 0 Å². The van der Waals surface area contributed by atoms with E-state index in [0.29, 0.717) is 11.6 Å². The molecule has 5 nitrogen and oxygen atoms in total. The number of nitrogens with zero attached hydrogens (tertiary/aromatic N) is 4. The maximum atomic E-state index is 12.6. The van der Waals surface area contributed by atoms with E-state index in [0.717, 1.165) is 49.2 Å². The Bertz CT molecular complexity index is 745. The molecule has 0 atom stereocenters. The molecule has 26 heavy (non-hydrogen) atoms. The summed E-state index contributed by atoms with van der Waals surface area (Å²) in [4.78, 5) is 16.9. The van der Waals surface area contributed by atoms with Gasteiger partial charge in [-0.1, -0.05) is 28.1 Å². The molecule has 0 bridgehead atoms. The van der Waals surface area contributed by atoms with Gasteiger partial charge in [0.05, 0.1) is 0 Å². The average Bonchev–Trinajstić information content (AvgIpc) is 2.95. The van der Waals surface area contributed by atoms with Crippen molar-refractivity contribution >= 4 is 21.8 Å². The molecule has 0 spiro atoms. The van der Waals surface area contributed by atoms with E-state index in [1.807, 2.05) is 32.0 Å². The molecule has 1 aliphatic heterocycles. The lowest BCUT2D eigenvalue weighted by Gasteiger charge is -2.33. The van der Waals surface area contributed by atoms with Crippen molar-refractivity contribution in [3.8, 4) is 0 Å². The number of rotatable bonds is 5. The first-order chi connectivity index (χ1) is 12.4. The maximum absolute atomic E-state index is 12.6. The van der Waals surface area contributed by atoms with Crippen LogP contribution >= 0.6 is 15.9 Å². The molecule has 2 heterocycles. The number of hydrogen-bond acceptors (Lipinski definition) is 3. The first kappa shape index (κ1) is 19.1. The van der Waals surface area contributed by atoms with Crippen molar-refractivity contribution in [2.45, 2.75) is 26.3 Å². The summed E-state index contributed by atoms with van der Waals surface area (Å²) in [5.74, 6) is 0.581. The second-order valence-corrected chi connectivity index (χ2v) is 8.25. The lowest BCUT2D eigenvalue weighted by Crippen LogP contribution is -2.39. The van der Waals surface area contributed by atoms with Crippen molar-refractivity contribution in [2.24, 2.45) is 13.0 Å². The Morgan fingerprint density at radius 1 is 1.31 bits per heavy atom. The SMILES string of the molecule is Cc1cc(C(=O)N(C)CC2CCN(Cc3cccc(Br)c3)CC2)nn1C. The number of aryl methyl sites for hydroxylation is 2. The topological polar surface area (TPSA) is 41.4 Å². The van der Waals surface area contributed by atoms with Crippen LogP contribution in [-0.2, 0) is 13.6 Å². The summed E-state index contributed by atoms with van der Waals surface area (Å²) in [5, 5.41) is 4.30. The number of halogens is 1. The highest BCUT2D eigenvalue weighted by molar-refractivity contribution is 9.10. The Morgan fingerprint density at radius 2 is 2.04 bits per heavy atom. The Labute approximate surface area is 164 Å². The highest BCUT2D eigenvalue weighted by Crippen LogP contribution is 2.21. The monoisotopic (exact) mass is 418 g/mol. The summed E-state index contributed by atoms with van der Waals surface area (Å²) in [5.41, 5.74) is 2.89. The number of hydrogen-bond donors (Lipinski definition) is 0. The van der Waals surface area contributed by atoms with Gasteiger partial charge in [-0.25, -0.2) is 0 Å². The van der Waals surface area contributed by atoms with Crippen molar-refractivity contribution in [1.29, 1.82) is 0 Å². The Hall–Kier alpha value is -1.66. The molecule has 1 aliphatic rings. The van der Waals surface area contributed by atoms with Gasteiger partial charge in [0.2, 0.25) is 0 Å². The zero-order valence-corrected chi connectivity index (χ0v) is 17.4. The summed E-state index contributed by atoms with van der Waals surface area (Å²) in [6.45, 7) is 5.93. The summed E-state index contributed by atoms with van der Waals surface area (Å²) in [6.07, 6.45) is 2.26. The van der Waals surface area contributed by atoms with Crippen LogP contribution in [0, 0.1) is 12.8 Å². The third kappa shape index (κ3) is 4.74. The predicted octanol–water partition coefficient (Wildman–Crippen LogP) is 3.48. The summed E-state index contributed by atoms with van der Waals surface area (Å²) in [6, 6.07) is 10.4. The van der Waals surface area contributed by atoms with Crippen LogP contribution in [0.2, 0.25) is 0 Å². The maximum Gasteiger partial charge on any atom is 0.274 e. The van der Waals surface area contributed by atoms with Crippen LogP contribution in [0.1, 0.15) is 34.6 Å². The van der Waals surface area contributed by atoms with E-state index in [1.54, 1.807) is 4.68 Å². The van der Waals surface area contributed by atoms with E-state index in [2.05, 4.69) is 50.2 Å². The van der Waals surface area contributed by atoms with Crippen molar-refractivity contribution in [2.75, 3.05) is 26.7 Å². The van der Waals surface area contributed by atoms with E-state index >= 15 is 0 Å². The minimum Gasteiger partial charge on any atom is -0.340 e. The smallest absolute Gasteiger partial charge is 0.274 e. The summed E-state index contributed by atoms with van der Waals surface area (Å²) >= 11 is 3.54. The normalized spacial score (nSPS) is 16.0. The molecule has 1 aromatic heterocycles. The van der Waals surface area contributed by atoms with Gasteiger partial charge in [0, 0.05) is 37.4 Å². The molecule has 0 N–H and O–H groups in total. The van der Waals surface area contributed by atoms with Gasteiger partial charge in [0.15, 0.2) is 5.69 Å². The van der Waals surface area contributed by atoms with Crippen LogP contribution in [0.15, 0.2) is 34.8 Å². The number of likely N-dealkylation sites (tertiary alicyclic amines) is 1. The van der Waals surface area contributed by atoms with Crippen LogP contribution in [0.4, 0.5) is 0 Å². The first-order valence-electron chi connectivity index (χ1n) is 9.15. The van der Waals surface area contributed by atoms with Gasteiger partial charge in [-0.05, 0) is 62.5 Å². The predicted molar refractivity (Wildman–Crippen MR) is 107 cm³/mol. The molecule has 140 valence electrons.